The Morgan fingerprint density at radius 2 is 2.36 bits per heavy atom. The van der Waals surface area contributed by atoms with E-state index in [9.17, 15) is 0 Å². The molecule has 0 amide bonds. The van der Waals surface area contributed by atoms with Crippen molar-refractivity contribution in [3.8, 4) is 0 Å². The molecule has 0 aromatic carbocycles. The Balaban J connectivity index is 2.46. The predicted molar refractivity (Wildman–Crippen MR) is 55.5 cm³/mol. The first kappa shape index (κ1) is 8.74. The van der Waals surface area contributed by atoms with Gasteiger partial charge in [0.2, 0.25) is 0 Å². The molecule has 0 aliphatic heterocycles. The SMILES string of the molecule is Cc1ccn2nc(CC(=N)N)cc2c1. The molecule has 4 heteroatoms. The van der Waals surface area contributed by atoms with Gasteiger partial charge in [-0.2, -0.15) is 5.10 Å². The zero-order valence-corrected chi connectivity index (χ0v) is 7.99. The van der Waals surface area contributed by atoms with E-state index in [1.807, 2.05) is 25.3 Å². The Bertz CT molecular complexity index is 484. The third-order valence-corrected chi connectivity index (χ3v) is 2.04. The van der Waals surface area contributed by atoms with Gasteiger partial charge in [0.1, 0.15) is 0 Å². The molecule has 0 saturated carbocycles. The molecule has 0 fully saturated rings. The van der Waals surface area contributed by atoms with Crippen molar-refractivity contribution in [2.24, 2.45) is 5.73 Å². The summed E-state index contributed by atoms with van der Waals surface area (Å²) >= 11 is 0. The summed E-state index contributed by atoms with van der Waals surface area (Å²) in [6.07, 6.45) is 2.33. The van der Waals surface area contributed by atoms with Crippen LogP contribution in [0.2, 0.25) is 0 Å². The third kappa shape index (κ3) is 1.59. The van der Waals surface area contributed by atoms with Crippen LogP contribution in [0.15, 0.2) is 24.4 Å². The fourth-order valence-electron chi connectivity index (χ4n) is 1.44. The van der Waals surface area contributed by atoms with E-state index in [-0.39, 0.29) is 5.84 Å². The standard InChI is InChI=1S/C10H12N4/c1-7-2-3-14-9(4-7)5-8(13-14)6-10(11)12/h2-5H,6H2,1H3,(H3,11,12). The molecule has 2 aromatic rings. The van der Waals surface area contributed by atoms with Crippen molar-refractivity contribution in [3.63, 3.8) is 0 Å². The molecule has 0 aliphatic carbocycles. The maximum Gasteiger partial charge on any atom is 0.0966 e. The van der Waals surface area contributed by atoms with E-state index in [1.165, 1.54) is 5.56 Å². The van der Waals surface area contributed by atoms with Gasteiger partial charge >= 0.3 is 0 Å². The van der Waals surface area contributed by atoms with Crippen molar-refractivity contribution in [2.75, 3.05) is 0 Å². The van der Waals surface area contributed by atoms with E-state index in [0.717, 1.165) is 11.2 Å². The highest BCUT2D eigenvalue weighted by Crippen LogP contribution is 2.08. The van der Waals surface area contributed by atoms with Crippen LogP contribution in [0, 0.1) is 12.3 Å². The number of pyridine rings is 1. The lowest BCUT2D eigenvalue weighted by atomic mass is 10.2. The van der Waals surface area contributed by atoms with Gasteiger partial charge in [0.15, 0.2) is 0 Å². The number of nitrogens with one attached hydrogen (secondary N) is 1. The van der Waals surface area contributed by atoms with Gasteiger partial charge in [-0.05, 0) is 30.7 Å². The van der Waals surface area contributed by atoms with Crippen LogP contribution in [0.3, 0.4) is 0 Å². The first-order chi connectivity index (χ1) is 6.65. The molecular weight excluding hydrogens is 176 g/mol. The van der Waals surface area contributed by atoms with Gasteiger partial charge in [0, 0.05) is 12.6 Å². The Morgan fingerprint density at radius 1 is 1.57 bits per heavy atom. The summed E-state index contributed by atoms with van der Waals surface area (Å²) in [4.78, 5) is 0. The summed E-state index contributed by atoms with van der Waals surface area (Å²) in [6.45, 7) is 2.04. The lowest BCUT2D eigenvalue weighted by Gasteiger charge is -1.93. The molecule has 0 saturated heterocycles. The number of aromatic nitrogens is 2. The summed E-state index contributed by atoms with van der Waals surface area (Å²) < 4.78 is 1.80. The number of nitrogens with zero attached hydrogens (tertiary/aromatic N) is 2. The fraction of sp³-hybridized carbons (Fsp3) is 0.200. The summed E-state index contributed by atoms with van der Waals surface area (Å²) in [7, 11) is 0. The van der Waals surface area contributed by atoms with Crippen LogP contribution in [-0.2, 0) is 6.42 Å². The molecule has 0 atom stereocenters. The molecule has 0 radical (unpaired) electrons. The molecule has 0 spiro atoms. The van der Waals surface area contributed by atoms with E-state index in [2.05, 4.69) is 11.2 Å². The van der Waals surface area contributed by atoms with E-state index in [4.69, 9.17) is 11.1 Å². The van der Waals surface area contributed by atoms with Crippen molar-refractivity contribution >= 4 is 11.4 Å². The number of hydrogen-bond acceptors (Lipinski definition) is 2. The van der Waals surface area contributed by atoms with E-state index < -0.39 is 0 Å². The molecule has 4 nitrogen and oxygen atoms in total. The lowest BCUT2D eigenvalue weighted by molar-refractivity contribution is 0.917. The van der Waals surface area contributed by atoms with Gasteiger partial charge in [-0.25, -0.2) is 4.52 Å². The van der Waals surface area contributed by atoms with Gasteiger partial charge < -0.3 is 5.73 Å². The second-order valence-corrected chi connectivity index (χ2v) is 3.41. The quantitative estimate of drug-likeness (QED) is 0.547. The highest BCUT2D eigenvalue weighted by Gasteiger charge is 2.02. The number of rotatable bonds is 2. The minimum absolute atomic E-state index is 0.144. The van der Waals surface area contributed by atoms with E-state index >= 15 is 0 Å². The van der Waals surface area contributed by atoms with Crippen LogP contribution < -0.4 is 5.73 Å². The summed E-state index contributed by atoms with van der Waals surface area (Å²) in [5.41, 5.74) is 8.39. The second-order valence-electron chi connectivity index (χ2n) is 3.41. The van der Waals surface area contributed by atoms with Gasteiger partial charge in [0.25, 0.3) is 0 Å². The van der Waals surface area contributed by atoms with Crippen LogP contribution in [0.1, 0.15) is 11.3 Å². The van der Waals surface area contributed by atoms with Crippen LogP contribution >= 0.6 is 0 Å². The zero-order chi connectivity index (χ0) is 10.1. The maximum absolute atomic E-state index is 7.18. The second kappa shape index (κ2) is 3.14. The highest BCUT2D eigenvalue weighted by molar-refractivity contribution is 5.79. The average Bonchev–Trinajstić information content (AvgIpc) is 2.44. The normalized spacial score (nSPS) is 10.6. The lowest BCUT2D eigenvalue weighted by Crippen LogP contribution is -2.12. The van der Waals surface area contributed by atoms with Crippen molar-refractivity contribution in [2.45, 2.75) is 13.3 Å². The Hall–Kier alpha value is -1.84. The average molecular weight is 188 g/mol. The Morgan fingerprint density at radius 3 is 3.07 bits per heavy atom. The largest absolute Gasteiger partial charge is 0.387 e. The number of hydrogen-bond donors (Lipinski definition) is 2. The Labute approximate surface area is 81.9 Å². The molecule has 2 rings (SSSR count). The molecule has 72 valence electrons. The summed E-state index contributed by atoms with van der Waals surface area (Å²) in [5, 5.41) is 11.5. The topological polar surface area (TPSA) is 67.2 Å². The van der Waals surface area contributed by atoms with Gasteiger partial charge in [-0.3, -0.25) is 5.41 Å². The number of fused-ring (bicyclic) bond motifs is 1. The smallest absolute Gasteiger partial charge is 0.0966 e. The fourth-order valence-corrected chi connectivity index (χ4v) is 1.44. The third-order valence-electron chi connectivity index (χ3n) is 2.04. The molecule has 3 N–H and O–H groups in total. The van der Waals surface area contributed by atoms with Crippen molar-refractivity contribution < 1.29 is 0 Å². The van der Waals surface area contributed by atoms with E-state index in [0.29, 0.717) is 6.42 Å². The van der Waals surface area contributed by atoms with Crippen molar-refractivity contribution in [1.82, 2.24) is 9.61 Å². The molecule has 2 heterocycles. The van der Waals surface area contributed by atoms with Crippen molar-refractivity contribution in [1.29, 1.82) is 5.41 Å². The minimum Gasteiger partial charge on any atom is -0.387 e. The highest BCUT2D eigenvalue weighted by atomic mass is 15.2. The summed E-state index contributed by atoms with van der Waals surface area (Å²) in [5.74, 6) is 0.144. The monoisotopic (exact) mass is 188 g/mol. The molecule has 0 unspecified atom stereocenters. The molecule has 0 bridgehead atoms. The first-order valence-corrected chi connectivity index (χ1v) is 4.43. The molecule has 2 aromatic heterocycles. The maximum atomic E-state index is 7.18. The number of aryl methyl sites for hydroxylation is 1. The number of nitrogens with two attached hydrogens (primary N) is 1. The predicted octanol–water partition coefficient (Wildman–Crippen LogP) is 1.12. The van der Waals surface area contributed by atoms with Gasteiger partial charge in [-0.1, -0.05) is 0 Å². The van der Waals surface area contributed by atoms with Crippen LogP contribution in [0.5, 0.6) is 0 Å². The minimum atomic E-state index is 0.144. The first-order valence-electron chi connectivity index (χ1n) is 4.43. The van der Waals surface area contributed by atoms with Crippen LogP contribution in [0.25, 0.3) is 5.52 Å². The van der Waals surface area contributed by atoms with E-state index in [1.54, 1.807) is 4.52 Å². The van der Waals surface area contributed by atoms with Gasteiger partial charge in [0.05, 0.1) is 17.0 Å². The van der Waals surface area contributed by atoms with Gasteiger partial charge in [-0.15, -0.1) is 0 Å². The molecule has 0 aliphatic rings. The molecule has 14 heavy (non-hydrogen) atoms. The van der Waals surface area contributed by atoms with Crippen molar-refractivity contribution in [3.05, 3.63) is 35.7 Å². The van der Waals surface area contributed by atoms with Crippen LogP contribution in [0.4, 0.5) is 0 Å². The zero-order valence-electron chi connectivity index (χ0n) is 7.99. The Kier molecular flexibility index (Phi) is 1.96. The van der Waals surface area contributed by atoms with Crippen LogP contribution in [-0.4, -0.2) is 15.4 Å². The molecular formula is C10H12N4. The summed E-state index contributed by atoms with van der Waals surface area (Å²) in [6, 6.07) is 6.00. The number of amidine groups is 1.